The van der Waals surface area contributed by atoms with Crippen LogP contribution < -0.4 is 0 Å². The zero-order valence-electron chi connectivity index (χ0n) is 17.0. The van der Waals surface area contributed by atoms with Gasteiger partial charge in [0.05, 0.1) is 0 Å². The molecule has 0 aromatic heterocycles. The molecule has 0 rings (SSSR count). The fourth-order valence-electron chi connectivity index (χ4n) is 2.84. The van der Waals surface area contributed by atoms with Crippen LogP contribution in [0.2, 0.25) is 0 Å². The Morgan fingerprint density at radius 2 is 0.750 bits per heavy atom. The second-order valence-electron chi connectivity index (χ2n) is 7.10. The van der Waals surface area contributed by atoms with E-state index in [0.29, 0.717) is 6.61 Å². The van der Waals surface area contributed by atoms with E-state index in [-0.39, 0.29) is 0 Å². The molecule has 0 amide bonds. The minimum Gasteiger partial charge on any atom is -0.396 e. The number of rotatable bonds is 18. The van der Waals surface area contributed by atoms with E-state index in [1.807, 2.05) is 0 Å². The first-order chi connectivity index (χ1) is 11.8. The third-order valence-electron chi connectivity index (χ3n) is 4.52. The summed E-state index contributed by atoms with van der Waals surface area (Å²) in [7, 11) is 0. The zero-order chi connectivity index (χ0) is 18.1. The highest BCUT2D eigenvalue weighted by Gasteiger charge is 1.93. The van der Waals surface area contributed by atoms with Crippen LogP contribution in [-0.4, -0.2) is 17.5 Å². The maximum atomic E-state index is 8.29. The van der Waals surface area contributed by atoms with Crippen molar-refractivity contribution in [1.29, 1.82) is 0 Å². The molecule has 0 aliphatic heterocycles. The lowest BCUT2D eigenvalue weighted by Crippen LogP contribution is -1.83. The Morgan fingerprint density at radius 1 is 0.458 bits per heavy atom. The van der Waals surface area contributed by atoms with Crippen LogP contribution in [0.5, 0.6) is 0 Å². The van der Waals surface area contributed by atoms with Gasteiger partial charge in [-0.3, -0.25) is 0 Å². The summed E-state index contributed by atoms with van der Waals surface area (Å²) < 4.78 is 0. The Hall–Kier alpha value is 0.310. The van der Waals surface area contributed by atoms with E-state index in [2.05, 4.69) is 26.5 Å². The standard InChI is InChI=1S/C16H34S.C6H14O/c1-2-3-4-5-6-7-8-9-10-11-12-13-14-15-16-17;1-2-3-4-5-6-7/h17H,2-16H2,1H3;7H,2-6H2,1H3. The lowest BCUT2D eigenvalue weighted by molar-refractivity contribution is 0.283. The normalized spacial score (nSPS) is 10.5. The Morgan fingerprint density at radius 3 is 1.04 bits per heavy atom. The van der Waals surface area contributed by atoms with E-state index in [9.17, 15) is 0 Å². The summed E-state index contributed by atoms with van der Waals surface area (Å²) in [6, 6.07) is 0. The molecule has 24 heavy (non-hydrogen) atoms. The van der Waals surface area contributed by atoms with Crippen LogP contribution in [0.15, 0.2) is 0 Å². The number of hydrogen-bond acceptors (Lipinski definition) is 2. The average Bonchev–Trinajstić information content (AvgIpc) is 2.60. The maximum absolute atomic E-state index is 8.29. The van der Waals surface area contributed by atoms with E-state index in [1.54, 1.807) is 0 Å². The van der Waals surface area contributed by atoms with Gasteiger partial charge in [0.1, 0.15) is 0 Å². The van der Waals surface area contributed by atoms with Crippen molar-refractivity contribution >= 4 is 12.6 Å². The Bertz CT molecular complexity index is 167. The van der Waals surface area contributed by atoms with E-state index in [4.69, 9.17) is 5.11 Å². The molecular weight excluding hydrogens is 312 g/mol. The number of thiol groups is 1. The summed E-state index contributed by atoms with van der Waals surface area (Å²) in [5.41, 5.74) is 0. The van der Waals surface area contributed by atoms with Crippen LogP contribution in [-0.2, 0) is 0 Å². The summed E-state index contributed by atoms with van der Waals surface area (Å²) in [5, 5.41) is 8.29. The summed E-state index contributed by atoms with van der Waals surface area (Å²) in [5.74, 6) is 1.07. The molecule has 0 spiro atoms. The van der Waals surface area contributed by atoms with Gasteiger partial charge in [-0.15, -0.1) is 0 Å². The van der Waals surface area contributed by atoms with E-state index < -0.39 is 0 Å². The molecule has 0 aliphatic carbocycles. The van der Waals surface area contributed by atoms with Gasteiger partial charge in [-0.2, -0.15) is 12.6 Å². The average molecular weight is 361 g/mol. The van der Waals surface area contributed by atoms with Crippen LogP contribution in [0.3, 0.4) is 0 Å². The zero-order valence-corrected chi connectivity index (χ0v) is 17.9. The van der Waals surface area contributed by atoms with E-state index in [0.717, 1.165) is 12.2 Å². The number of hydrogen-bond donors (Lipinski definition) is 2. The summed E-state index contributed by atoms with van der Waals surface area (Å²) >= 11 is 4.23. The molecule has 0 heterocycles. The molecule has 0 fully saturated rings. The van der Waals surface area contributed by atoms with Gasteiger partial charge in [0.25, 0.3) is 0 Å². The highest BCUT2D eigenvalue weighted by Crippen LogP contribution is 2.12. The van der Waals surface area contributed by atoms with E-state index >= 15 is 0 Å². The second kappa shape index (κ2) is 28.1. The van der Waals surface area contributed by atoms with Gasteiger partial charge >= 0.3 is 0 Å². The Balaban J connectivity index is 0. The number of aliphatic hydroxyl groups excluding tert-OH is 1. The van der Waals surface area contributed by atoms with Gasteiger partial charge in [-0.05, 0) is 18.6 Å². The molecule has 1 nitrogen and oxygen atoms in total. The summed E-state index contributed by atoms with van der Waals surface area (Å²) in [6.45, 7) is 4.81. The number of unbranched alkanes of at least 4 members (excludes halogenated alkanes) is 16. The molecule has 0 saturated heterocycles. The van der Waals surface area contributed by atoms with Crippen molar-refractivity contribution in [2.75, 3.05) is 12.4 Å². The lowest BCUT2D eigenvalue weighted by Gasteiger charge is -2.02. The quantitative estimate of drug-likeness (QED) is 0.188. The van der Waals surface area contributed by atoms with Crippen LogP contribution >= 0.6 is 12.6 Å². The molecule has 0 saturated carbocycles. The van der Waals surface area contributed by atoms with E-state index in [1.165, 1.54) is 109 Å². The van der Waals surface area contributed by atoms with Gasteiger partial charge in [0, 0.05) is 6.61 Å². The van der Waals surface area contributed by atoms with Crippen molar-refractivity contribution in [1.82, 2.24) is 0 Å². The molecule has 0 aromatic rings. The fraction of sp³-hybridized carbons (Fsp3) is 1.00. The van der Waals surface area contributed by atoms with Crippen molar-refractivity contribution in [2.24, 2.45) is 0 Å². The van der Waals surface area contributed by atoms with Crippen molar-refractivity contribution < 1.29 is 5.11 Å². The topological polar surface area (TPSA) is 20.2 Å². The van der Waals surface area contributed by atoms with Gasteiger partial charge in [-0.25, -0.2) is 0 Å². The van der Waals surface area contributed by atoms with Crippen LogP contribution in [0.25, 0.3) is 0 Å². The molecule has 148 valence electrons. The Labute approximate surface area is 159 Å². The minimum atomic E-state index is 0.361. The first kappa shape index (κ1) is 26.5. The molecule has 0 unspecified atom stereocenters. The third-order valence-corrected chi connectivity index (χ3v) is 4.84. The number of aliphatic hydroxyl groups is 1. The first-order valence-electron chi connectivity index (χ1n) is 11.0. The molecule has 0 aliphatic rings. The molecule has 1 N–H and O–H groups in total. The van der Waals surface area contributed by atoms with Crippen molar-refractivity contribution in [2.45, 2.75) is 129 Å². The van der Waals surface area contributed by atoms with Crippen LogP contribution in [0, 0.1) is 0 Å². The molecule has 0 radical (unpaired) electrons. The van der Waals surface area contributed by atoms with Gasteiger partial charge in [0.2, 0.25) is 0 Å². The first-order valence-corrected chi connectivity index (χ1v) is 11.7. The van der Waals surface area contributed by atoms with Crippen molar-refractivity contribution in [3.63, 3.8) is 0 Å². The van der Waals surface area contributed by atoms with Gasteiger partial charge in [-0.1, -0.05) is 117 Å². The molecule has 0 bridgehead atoms. The molecule has 0 atom stereocenters. The smallest absolute Gasteiger partial charge is 0.0431 e. The third kappa shape index (κ3) is 30.2. The lowest BCUT2D eigenvalue weighted by atomic mass is 10.0. The fourth-order valence-corrected chi connectivity index (χ4v) is 3.07. The van der Waals surface area contributed by atoms with Crippen molar-refractivity contribution in [3.8, 4) is 0 Å². The highest BCUT2D eigenvalue weighted by molar-refractivity contribution is 7.80. The predicted molar refractivity (Wildman–Crippen MR) is 115 cm³/mol. The maximum Gasteiger partial charge on any atom is 0.0431 e. The van der Waals surface area contributed by atoms with Gasteiger partial charge < -0.3 is 5.11 Å². The second-order valence-corrected chi connectivity index (χ2v) is 7.55. The molecule has 0 aromatic carbocycles. The predicted octanol–water partition coefficient (Wildman–Crippen LogP) is 7.96. The van der Waals surface area contributed by atoms with Crippen LogP contribution in [0.1, 0.15) is 129 Å². The minimum absolute atomic E-state index is 0.361. The highest BCUT2D eigenvalue weighted by atomic mass is 32.1. The monoisotopic (exact) mass is 360 g/mol. The SMILES string of the molecule is CCCCCCCCCCCCCCCCS.CCCCCCO. The van der Waals surface area contributed by atoms with Crippen LogP contribution in [0.4, 0.5) is 0 Å². The summed E-state index contributed by atoms with van der Waals surface area (Å²) in [4.78, 5) is 0. The Kier molecular flexibility index (Phi) is 31.1. The van der Waals surface area contributed by atoms with Crippen molar-refractivity contribution in [3.05, 3.63) is 0 Å². The molecule has 2 heteroatoms. The summed E-state index contributed by atoms with van der Waals surface area (Å²) in [6.07, 6.45) is 24.8. The largest absolute Gasteiger partial charge is 0.396 e. The molecular formula is C22H48OS. The van der Waals surface area contributed by atoms with Gasteiger partial charge in [0.15, 0.2) is 0 Å².